The number of thioether (sulfide) groups is 1. The summed E-state index contributed by atoms with van der Waals surface area (Å²) in [6.07, 6.45) is 0. The third-order valence-corrected chi connectivity index (χ3v) is 1.73. The van der Waals surface area contributed by atoms with Crippen LogP contribution in [0.5, 0.6) is 0 Å². The predicted octanol–water partition coefficient (Wildman–Crippen LogP) is 1.50. The summed E-state index contributed by atoms with van der Waals surface area (Å²) in [6, 6.07) is 2.70. The Bertz CT molecular complexity index is 173. The van der Waals surface area contributed by atoms with E-state index in [2.05, 4.69) is 23.9 Å². The Labute approximate surface area is 53.6 Å². The van der Waals surface area contributed by atoms with E-state index in [0.29, 0.717) is 5.25 Å². The Hall–Kier alpha value is -0.420. The highest BCUT2D eigenvalue weighted by Gasteiger charge is 2.02. The van der Waals surface area contributed by atoms with E-state index in [9.17, 15) is 0 Å². The van der Waals surface area contributed by atoms with E-state index in [1.54, 1.807) is 11.8 Å². The first-order valence-electron chi connectivity index (χ1n) is 2.50. The molecule has 0 amide bonds. The summed E-state index contributed by atoms with van der Waals surface area (Å²) in [7, 11) is 0. The molecule has 1 heterocycles. The first-order valence-corrected chi connectivity index (χ1v) is 3.38. The molecule has 1 rings (SSSR count). The molecule has 1 unspecified atom stereocenters. The first-order chi connectivity index (χ1) is 3.79. The van der Waals surface area contributed by atoms with Crippen molar-refractivity contribution in [2.45, 2.75) is 19.1 Å². The fraction of sp³-hybridized carbons (Fsp3) is 0.500. The monoisotopic (exact) mass is 125 g/mol. The summed E-state index contributed by atoms with van der Waals surface area (Å²) in [6.45, 7) is 4.06. The van der Waals surface area contributed by atoms with Gasteiger partial charge in [0.1, 0.15) is 0 Å². The van der Waals surface area contributed by atoms with Crippen LogP contribution in [0.3, 0.4) is 0 Å². The van der Waals surface area contributed by atoms with Crippen LogP contribution in [0.15, 0.2) is 4.99 Å². The van der Waals surface area contributed by atoms with Crippen LogP contribution in [0.1, 0.15) is 13.8 Å². The smallest absolute Gasteiger partial charge is 0.0819 e. The minimum Gasteiger partial charge on any atom is -0.196 e. The first kappa shape index (κ1) is 5.71. The molecule has 1 atom stereocenters. The minimum absolute atomic E-state index is 0.437. The molecule has 0 saturated carbocycles. The van der Waals surface area contributed by atoms with Gasteiger partial charge in [0.25, 0.3) is 0 Å². The molecule has 0 saturated heterocycles. The second kappa shape index (κ2) is 2.23. The Morgan fingerprint density at radius 2 is 2.50 bits per heavy atom. The average Bonchev–Trinajstić information content (AvgIpc) is 1.64. The molecule has 0 aromatic carbocycles. The van der Waals surface area contributed by atoms with Gasteiger partial charge in [-0.1, -0.05) is 17.7 Å². The molecule has 0 aromatic rings. The second-order valence-corrected chi connectivity index (χ2v) is 3.18. The SMILES string of the molecule is CC1=NC#CC(C)S1. The van der Waals surface area contributed by atoms with Gasteiger partial charge < -0.3 is 0 Å². The van der Waals surface area contributed by atoms with Crippen LogP contribution < -0.4 is 0 Å². The molecular formula is C6H7NS. The van der Waals surface area contributed by atoms with Crippen molar-refractivity contribution in [2.24, 2.45) is 4.99 Å². The molecule has 0 aromatic heterocycles. The summed E-state index contributed by atoms with van der Waals surface area (Å²) in [5, 5.41) is 1.52. The lowest BCUT2D eigenvalue weighted by molar-refractivity contribution is 1.30. The standard InChI is InChI=1S/C6H7NS/c1-5-3-4-7-6(2)8-5/h5H,1-2H3. The lowest BCUT2D eigenvalue weighted by Gasteiger charge is -2.03. The van der Waals surface area contributed by atoms with Crippen molar-refractivity contribution in [1.29, 1.82) is 0 Å². The quantitative estimate of drug-likeness (QED) is 0.447. The van der Waals surface area contributed by atoms with Crippen molar-refractivity contribution in [3.05, 3.63) is 0 Å². The molecular weight excluding hydrogens is 118 g/mol. The van der Waals surface area contributed by atoms with Crippen molar-refractivity contribution in [3.8, 4) is 12.0 Å². The zero-order valence-corrected chi connectivity index (χ0v) is 5.75. The molecule has 1 nitrogen and oxygen atoms in total. The van der Waals surface area contributed by atoms with Gasteiger partial charge in [0.15, 0.2) is 0 Å². The van der Waals surface area contributed by atoms with E-state index in [1.165, 1.54) is 0 Å². The highest BCUT2D eigenvalue weighted by Crippen LogP contribution is 2.13. The van der Waals surface area contributed by atoms with Crippen molar-refractivity contribution in [1.82, 2.24) is 0 Å². The van der Waals surface area contributed by atoms with Crippen molar-refractivity contribution < 1.29 is 0 Å². The lowest BCUT2D eigenvalue weighted by Crippen LogP contribution is -1.98. The van der Waals surface area contributed by atoms with E-state index in [4.69, 9.17) is 0 Å². The highest BCUT2D eigenvalue weighted by molar-refractivity contribution is 8.14. The predicted molar refractivity (Wildman–Crippen MR) is 37.9 cm³/mol. The summed E-state index contributed by atoms with van der Waals surface area (Å²) >= 11 is 1.72. The zero-order chi connectivity index (χ0) is 5.98. The zero-order valence-electron chi connectivity index (χ0n) is 4.93. The van der Waals surface area contributed by atoms with Crippen LogP contribution in [0.2, 0.25) is 0 Å². The molecule has 0 radical (unpaired) electrons. The number of aliphatic imine (C=N–C) groups is 1. The van der Waals surface area contributed by atoms with Gasteiger partial charge in [0.2, 0.25) is 0 Å². The number of rotatable bonds is 0. The molecule has 1 aliphatic heterocycles. The van der Waals surface area contributed by atoms with E-state index in [-0.39, 0.29) is 0 Å². The summed E-state index contributed by atoms with van der Waals surface area (Å²) in [5.74, 6) is 2.94. The maximum absolute atomic E-state index is 3.90. The molecule has 8 heavy (non-hydrogen) atoms. The average molecular weight is 125 g/mol. The van der Waals surface area contributed by atoms with Gasteiger partial charge >= 0.3 is 0 Å². The van der Waals surface area contributed by atoms with Crippen LogP contribution in [0.4, 0.5) is 0 Å². The second-order valence-electron chi connectivity index (χ2n) is 1.65. The van der Waals surface area contributed by atoms with Gasteiger partial charge in [0.05, 0.1) is 10.3 Å². The van der Waals surface area contributed by atoms with Gasteiger partial charge in [-0.2, -0.15) is 4.99 Å². The Kier molecular flexibility index (Phi) is 1.59. The Morgan fingerprint density at radius 1 is 1.75 bits per heavy atom. The molecule has 0 aliphatic carbocycles. The largest absolute Gasteiger partial charge is 0.196 e. The molecule has 1 aliphatic rings. The molecule has 0 fully saturated rings. The highest BCUT2D eigenvalue weighted by atomic mass is 32.2. The van der Waals surface area contributed by atoms with Crippen LogP contribution in [0.25, 0.3) is 0 Å². The Morgan fingerprint density at radius 3 is 2.88 bits per heavy atom. The summed E-state index contributed by atoms with van der Waals surface area (Å²) in [5.41, 5.74) is 0. The van der Waals surface area contributed by atoms with Crippen molar-refractivity contribution in [2.75, 3.05) is 0 Å². The maximum atomic E-state index is 3.90. The maximum Gasteiger partial charge on any atom is 0.0819 e. The molecule has 0 bridgehead atoms. The van der Waals surface area contributed by atoms with E-state index in [0.717, 1.165) is 5.04 Å². The summed E-state index contributed by atoms with van der Waals surface area (Å²) < 4.78 is 0. The molecule has 42 valence electrons. The van der Waals surface area contributed by atoms with Crippen LogP contribution >= 0.6 is 11.8 Å². The van der Waals surface area contributed by atoms with Crippen LogP contribution in [0, 0.1) is 12.0 Å². The third kappa shape index (κ3) is 1.28. The van der Waals surface area contributed by atoms with Crippen molar-refractivity contribution in [3.63, 3.8) is 0 Å². The van der Waals surface area contributed by atoms with Gasteiger partial charge in [-0.3, -0.25) is 0 Å². The van der Waals surface area contributed by atoms with Gasteiger partial charge in [-0.15, -0.1) is 0 Å². The summed E-state index contributed by atoms with van der Waals surface area (Å²) in [4.78, 5) is 3.90. The Balaban J connectivity index is 2.68. The van der Waals surface area contributed by atoms with E-state index < -0.39 is 0 Å². The van der Waals surface area contributed by atoms with Gasteiger partial charge in [-0.05, 0) is 13.8 Å². The lowest BCUT2D eigenvalue weighted by atomic mass is 10.5. The molecule has 2 heteroatoms. The van der Waals surface area contributed by atoms with Crippen LogP contribution in [-0.4, -0.2) is 10.3 Å². The topological polar surface area (TPSA) is 12.4 Å². The van der Waals surface area contributed by atoms with Gasteiger partial charge in [-0.25, -0.2) is 0 Å². The van der Waals surface area contributed by atoms with E-state index in [1.807, 2.05) is 6.92 Å². The fourth-order valence-electron chi connectivity index (χ4n) is 0.514. The number of hydrogen-bond acceptors (Lipinski definition) is 2. The van der Waals surface area contributed by atoms with Crippen LogP contribution in [-0.2, 0) is 0 Å². The van der Waals surface area contributed by atoms with E-state index >= 15 is 0 Å². The van der Waals surface area contributed by atoms with Gasteiger partial charge in [0, 0.05) is 6.04 Å². The fourth-order valence-corrected chi connectivity index (χ4v) is 1.24. The third-order valence-electron chi connectivity index (χ3n) is 0.828. The number of nitrogens with zero attached hydrogens (tertiary/aromatic N) is 1. The molecule has 0 spiro atoms. The number of hydrogen-bond donors (Lipinski definition) is 0. The molecule has 0 N–H and O–H groups in total. The normalized spacial score (nSPS) is 25.8. The minimum atomic E-state index is 0.437. The van der Waals surface area contributed by atoms with Crippen molar-refractivity contribution >= 4 is 16.8 Å².